The zero-order chi connectivity index (χ0) is 81.1. The molecule has 39 nitrogen and oxygen atoms in total. The number of carbonyl (C=O) groups excluding carboxylic acids is 16. The summed E-state index contributed by atoms with van der Waals surface area (Å²) >= 11 is 0. The van der Waals surface area contributed by atoms with Crippen molar-refractivity contribution in [2.24, 2.45) is 58.3 Å². The molecular formula is C67H108N16O23. The van der Waals surface area contributed by atoms with Gasteiger partial charge in [-0.05, 0) is 81.4 Å². The van der Waals surface area contributed by atoms with E-state index in [9.17, 15) is 87.5 Å². The predicted octanol–water partition coefficient (Wildman–Crippen LogP) is -7.17. The van der Waals surface area contributed by atoms with Crippen LogP contribution in [0.2, 0.25) is 0 Å². The molecule has 1 aromatic carbocycles. The third-order valence-electron chi connectivity index (χ3n) is 17.4. The third-order valence-corrected chi connectivity index (χ3v) is 17.4. The number of aliphatic hydroxyl groups is 3. The second-order valence-electron chi connectivity index (χ2n) is 27.2. The number of carbonyl (C=O) groups is 16. The number of hydrogen-bond donors (Lipinski definition) is 18. The molecule has 19 atom stereocenters. The fourth-order valence-corrected chi connectivity index (χ4v) is 11.1. The van der Waals surface area contributed by atoms with Gasteiger partial charge in [-0.3, -0.25) is 71.9 Å². The van der Waals surface area contributed by atoms with Gasteiger partial charge < -0.3 is 121 Å². The molecule has 0 saturated carbocycles. The van der Waals surface area contributed by atoms with E-state index in [1.165, 1.54) is 51.2 Å². The van der Waals surface area contributed by atoms with Crippen molar-refractivity contribution in [3.8, 4) is 5.75 Å². The number of likely N-dealkylation sites (N-methyl/N-ethyl adjacent to an activating group) is 2. The lowest BCUT2D eigenvalue weighted by molar-refractivity contribution is -0.161. The molecule has 0 radical (unpaired) electrons. The quantitative estimate of drug-likeness (QED) is 0.0225. The molecule has 0 spiro atoms. The SMILES string of the molecule is COCC1NC(=O)[C@H](NC(=O)[C@@H](NC(=O)[C@@H](NC(=O)[C@H](NC(=O)[C@H](NC(=O)CC(O)/C=C\C(C)CC(C)C)[C@H](O)C(N)=O)[C@H](O)CC(N)=O)[C@H](C)N)[C@@H](C)[C@@H](C)C(N)=O)[C@@H](C)OC(=O)[C@H](C)N(C)C(=O)[C@@H]([C@H](OC)c2ccc(O)cc2)NC(=O)[C@H](CCC(N)=O)N(C)C(=O)[C@H](CC(C)C)NC(=O)CNC1=O. The van der Waals surface area contributed by atoms with Gasteiger partial charge in [0.25, 0.3) is 0 Å². The van der Waals surface area contributed by atoms with Crippen molar-refractivity contribution in [1.29, 1.82) is 0 Å². The molecule has 2 rings (SSSR count). The highest BCUT2D eigenvalue weighted by molar-refractivity contribution is 6.01. The lowest BCUT2D eigenvalue weighted by Gasteiger charge is -2.36. The number of phenolic OH excluding ortho intramolecular Hbond substituents is 1. The van der Waals surface area contributed by atoms with Crippen LogP contribution in [0.15, 0.2) is 36.4 Å². The normalized spacial score (nSPS) is 22.6. The molecule has 0 aliphatic carbocycles. The topological polar surface area (TPSA) is 627 Å². The van der Waals surface area contributed by atoms with Crippen molar-refractivity contribution >= 4 is 94.6 Å². The van der Waals surface area contributed by atoms with Crippen LogP contribution in [-0.2, 0) is 90.9 Å². The average molecular weight is 1510 g/mol. The van der Waals surface area contributed by atoms with Gasteiger partial charge in [-0.25, -0.2) is 4.79 Å². The number of cyclic esters (lactones) is 1. The molecule has 39 heteroatoms. The number of allylic oxidation sites excluding steroid dienone is 1. The zero-order valence-corrected chi connectivity index (χ0v) is 62.1. The van der Waals surface area contributed by atoms with Gasteiger partial charge in [-0.2, -0.15) is 0 Å². The van der Waals surface area contributed by atoms with Crippen LogP contribution in [-0.4, -0.2) is 257 Å². The number of esters is 1. The minimum absolute atomic E-state index is 0.0315. The number of rotatable bonds is 34. The Kier molecular flexibility index (Phi) is 37.8. The summed E-state index contributed by atoms with van der Waals surface area (Å²) in [5, 5.41) is 63.4. The van der Waals surface area contributed by atoms with E-state index in [-0.39, 0.29) is 35.5 Å². The molecule has 3 unspecified atom stereocenters. The van der Waals surface area contributed by atoms with Crippen molar-refractivity contribution in [3.05, 3.63) is 42.0 Å². The first-order chi connectivity index (χ1) is 49.3. The van der Waals surface area contributed by atoms with Crippen LogP contribution in [0.4, 0.5) is 0 Å². The maximum atomic E-state index is 15.1. The standard InChI is InChI=1S/C67H108N16O23/c1-29(2)23-31(5)15-18-39(85)25-46(89)76-52(54(91)57(72)93)64(100)80-51(43(86)26-45(70)88)63(99)78-49(34(8)68)61(97)77-48(32(6)33(7)56(71)92)60(96)79-50-36(10)106-67(103)35(9)82(11)66(102)53(55(105-14)37-16-19-38(84)20-17-37)81-59(95)42(21-22-44(69)87)83(12)65(101)40(24-30(3)4)74-47(90)27-73-58(94)41(28-104-13)75-62(50)98/h15-20,29-36,39-43,48-55,84-86,91H,21-28,68H2,1-14H3,(H2,69,87)(H2,70,88)(H2,71,92)(H2,72,93)(H,73,94)(H,74,90)(H,75,98)(H,76,89)(H,77,97)(H,78,99)(H,79,96)(H,80,100)(H,81,95)/b18-15-/t31?,32-,33+,34-,35-,36+,39?,40-,41?,42-,43+,48-,49-,50+,51+,52+,53+,54-,55+/m0/s1. The van der Waals surface area contributed by atoms with Crippen LogP contribution in [0.5, 0.6) is 5.75 Å². The van der Waals surface area contributed by atoms with Gasteiger partial charge in [0.15, 0.2) is 6.10 Å². The van der Waals surface area contributed by atoms with Gasteiger partial charge in [0.1, 0.15) is 78.4 Å². The minimum atomic E-state index is -2.55. The number of phenols is 1. The Morgan fingerprint density at radius 2 is 1.24 bits per heavy atom. The highest BCUT2D eigenvalue weighted by Crippen LogP contribution is 2.27. The van der Waals surface area contributed by atoms with Crippen molar-refractivity contribution in [2.45, 2.75) is 205 Å². The second kappa shape index (κ2) is 43.5. The van der Waals surface area contributed by atoms with E-state index in [2.05, 4.69) is 37.2 Å². The number of amides is 15. The summed E-state index contributed by atoms with van der Waals surface area (Å²) in [7, 11) is 4.57. The molecule has 1 aliphatic heterocycles. The predicted molar refractivity (Wildman–Crippen MR) is 375 cm³/mol. The summed E-state index contributed by atoms with van der Waals surface area (Å²) in [4.78, 5) is 224. The van der Waals surface area contributed by atoms with Gasteiger partial charge in [0, 0.05) is 46.7 Å². The molecule has 23 N–H and O–H groups in total. The largest absolute Gasteiger partial charge is 0.508 e. The molecule has 15 amide bonds. The van der Waals surface area contributed by atoms with E-state index in [1.54, 1.807) is 19.9 Å². The molecule has 1 saturated heterocycles. The van der Waals surface area contributed by atoms with Crippen LogP contribution >= 0.6 is 0 Å². The molecular weight excluding hydrogens is 1400 g/mol. The van der Waals surface area contributed by atoms with E-state index in [1.807, 2.05) is 31.4 Å². The van der Waals surface area contributed by atoms with Crippen molar-refractivity contribution in [1.82, 2.24) is 57.7 Å². The number of ether oxygens (including phenoxy) is 3. The first kappa shape index (κ1) is 92.1. The minimum Gasteiger partial charge on any atom is -0.508 e. The van der Waals surface area contributed by atoms with E-state index in [0.29, 0.717) is 0 Å². The lowest BCUT2D eigenvalue weighted by atomic mass is 9.87. The van der Waals surface area contributed by atoms with E-state index >= 15 is 9.59 Å². The van der Waals surface area contributed by atoms with Gasteiger partial charge in [-0.15, -0.1) is 0 Å². The molecule has 0 bridgehead atoms. The van der Waals surface area contributed by atoms with Gasteiger partial charge >= 0.3 is 5.97 Å². The number of nitrogens with one attached hydrogen (secondary N) is 9. The van der Waals surface area contributed by atoms with Crippen molar-refractivity contribution < 1.29 is 111 Å². The van der Waals surface area contributed by atoms with Gasteiger partial charge in [-0.1, -0.05) is 72.8 Å². The van der Waals surface area contributed by atoms with E-state index in [4.69, 9.17) is 42.9 Å². The van der Waals surface area contributed by atoms with Crippen LogP contribution in [0.3, 0.4) is 0 Å². The molecule has 1 aromatic rings. The summed E-state index contributed by atoms with van der Waals surface area (Å²) in [6.45, 7) is 13.5. The molecule has 1 fully saturated rings. The molecule has 1 aliphatic rings. The lowest BCUT2D eigenvalue weighted by Crippen LogP contribution is -2.66. The summed E-state index contributed by atoms with van der Waals surface area (Å²) < 4.78 is 16.8. The first-order valence-corrected chi connectivity index (χ1v) is 34.2. The fourth-order valence-electron chi connectivity index (χ4n) is 11.1. The molecule has 106 heavy (non-hydrogen) atoms. The molecule has 0 aromatic heterocycles. The Bertz CT molecular complexity index is 3300. The van der Waals surface area contributed by atoms with Crippen LogP contribution < -0.4 is 76.5 Å². The van der Waals surface area contributed by atoms with Crippen LogP contribution in [0.1, 0.15) is 119 Å². The Labute approximate surface area is 613 Å². The van der Waals surface area contributed by atoms with E-state index in [0.717, 1.165) is 58.3 Å². The number of aliphatic hydroxyl groups excluding tert-OH is 3. The third kappa shape index (κ3) is 28.8. The van der Waals surface area contributed by atoms with Gasteiger partial charge in [0.05, 0.1) is 38.2 Å². The van der Waals surface area contributed by atoms with Gasteiger partial charge in [0.2, 0.25) is 88.6 Å². The summed E-state index contributed by atoms with van der Waals surface area (Å²) in [5.41, 5.74) is 28.3. The number of nitrogens with two attached hydrogens (primary N) is 5. The number of benzene rings is 1. The number of methoxy groups -OCH3 is 2. The maximum Gasteiger partial charge on any atom is 0.328 e. The number of hydrogen-bond acceptors (Lipinski definition) is 24. The number of aromatic hydroxyl groups is 1. The number of nitrogens with zero attached hydrogens (tertiary/aromatic N) is 2. The number of primary amides is 4. The Hall–Kier alpha value is -9.96. The van der Waals surface area contributed by atoms with Crippen molar-refractivity contribution in [3.63, 3.8) is 0 Å². The zero-order valence-electron chi connectivity index (χ0n) is 62.1. The molecule has 1 heterocycles. The van der Waals surface area contributed by atoms with Crippen LogP contribution in [0, 0.1) is 29.6 Å². The highest BCUT2D eigenvalue weighted by Gasteiger charge is 2.45. The summed E-state index contributed by atoms with van der Waals surface area (Å²) in [5.74, 6) is -22.9. The Balaban J connectivity index is 2.91. The molecule has 594 valence electrons. The summed E-state index contributed by atoms with van der Waals surface area (Å²) in [6.07, 6.45) is -8.90. The fraction of sp³-hybridized carbons (Fsp3) is 0.642. The first-order valence-electron chi connectivity index (χ1n) is 34.2. The smallest absolute Gasteiger partial charge is 0.328 e. The monoisotopic (exact) mass is 1500 g/mol. The highest BCUT2D eigenvalue weighted by atomic mass is 16.5. The maximum absolute atomic E-state index is 15.1. The Morgan fingerprint density at radius 1 is 0.660 bits per heavy atom. The summed E-state index contributed by atoms with van der Waals surface area (Å²) in [6, 6.07) is -15.9. The van der Waals surface area contributed by atoms with E-state index < -0.39 is 242 Å². The van der Waals surface area contributed by atoms with Crippen LogP contribution in [0.25, 0.3) is 0 Å². The van der Waals surface area contributed by atoms with Crippen molar-refractivity contribution in [2.75, 3.05) is 41.5 Å². The Morgan fingerprint density at radius 3 is 1.76 bits per heavy atom. The second-order valence-corrected chi connectivity index (χ2v) is 27.2. The average Bonchev–Trinajstić information content (AvgIpc) is 0.826.